The van der Waals surface area contributed by atoms with Crippen LogP contribution < -0.4 is 17.0 Å². The molecule has 1 amide bonds. The number of hydrogen-bond acceptors (Lipinski definition) is 4. The summed E-state index contributed by atoms with van der Waals surface area (Å²) >= 11 is 1.47. The monoisotopic (exact) mass is 245 g/mol. The zero-order valence-electron chi connectivity index (χ0n) is 8.99. The van der Waals surface area contributed by atoms with Crippen LogP contribution in [0.2, 0.25) is 0 Å². The summed E-state index contributed by atoms with van der Waals surface area (Å²) in [5.74, 6) is 4.87. The Hall–Kier alpha value is -1.85. The van der Waals surface area contributed by atoms with Crippen molar-refractivity contribution in [2.45, 2.75) is 6.42 Å². The maximum absolute atomic E-state index is 11.8. The molecule has 0 bridgehead atoms. The van der Waals surface area contributed by atoms with Gasteiger partial charge in [-0.3, -0.25) is 10.2 Å². The third kappa shape index (κ3) is 1.36. The van der Waals surface area contributed by atoms with Crippen molar-refractivity contribution < 1.29 is 4.79 Å². The van der Waals surface area contributed by atoms with Crippen LogP contribution >= 0.6 is 11.3 Å². The standard InChI is InChI=1S/C12H11N3OS/c13-11-10(12(16)15-14)9-7-4-2-1-3-6(7)5-8(9)17-11/h1-4H,5,13-14H2,(H,15,16). The second-order valence-corrected chi connectivity index (χ2v) is 5.08. The number of nitrogens with two attached hydrogens (primary N) is 2. The van der Waals surface area contributed by atoms with Gasteiger partial charge in [-0.1, -0.05) is 24.3 Å². The van der Waals surface area contributed by atoms with E-state index in [2.05, 4.69) is 11.5 Å². The average Bonchev–Trinajstić information content (AvgIpc) is 2.82. The number of carbonyl (C=O) groups excluding carboxylic acids is 1. The minimum atomic E-state index is -0.322. The number of anilines is 1. The first-order chi connectivity index (χ1) is 8.22. The van der Waals surface area contributed by atoms with Crippen LogP contribution in [-0.4, -0.2) is 5.91 Å². The van der Waals surface area contributed by atoms with Gasteiger partial charge < -0.3 is 5.73 Å². The largest absolute Gasteiger partial charge is 0.390 e. The topological polar surface area (TPSA) is 81.1 Å². The van der Waals surface area contributed by atoms with Gasteiger partial charge in [-0.2, -0.15) is 0 Å². The average molecular weight is 245 g/mol. The minimum Gasteiger partial charge on any atom is -0.390 e. The first kappa shape index (κ1) is 10.3. The van der Waals surface area contributed by atoms with Crippen LogP contribution in [0.25, 0.3) is 11.1 Å². The van der Waals surface area contributed by atoms with Crippen LogP contribution in [0.4, 0.5) is 5.00 Å². The van der Waals surface area contributed by atoms with Crippen LogP contribution in [0.3, 0.4) is 0 Å². The molecule has 1 aromatic heterocycles. The van der Waals surface area contributed by atoms with Crippen molar-refractivity contribution in [2.75, 3.05) is 5.73 Å². The fraction of sp³-hybridized carbons (Fsp3) is 0.0833. The molecule has 0 fully saturated rings. The van der Waals surface area contributed by atoms with Gasteiger partial charge in [0.2, 0.25) is 0 Å². The van der Waals surface area contributed by atoms with Gasteiger partial charge in [-0.15, -0.1) is 11.3 Å². The number of benzene rings is 1. The number of hydrogen-bond donors (Lipinski definition) is 3. The van der Waals surface area contributed by atoms with Crippen LogP contribution in [-0.2, 0) is 6.42 Å². The number of hydrazine groups is 1. The number of rotatable bonds is 1. The van der Waals surface area contributed by atoms with Gasteiger partial charge in [-0.05, 0) is 11.1 Å². The van der Waals surface area contributed by atoms with Gasteiger partial charge in [0.1, 0.15) is 0 Å². The van der Waals surface area contributed by atoms with E-state index in [1.54, 1.807) is 0 Å². The molecule has 0 radical (unpaired) electrons. The predicted molar refractivity (Wildman–Crippen MR) is 68.6 cm³/mol. The van der Waals surface area contributed by atoms with E-state index in [4.69, 9.17) is 11.6 Å². The Morgan fingerprint density at radius 1 is 1.35 bits per heavy atom. The van der Waals surface area contributed by atoms with Crippen molar-refractivity contribution in [2.24, 2.45) is 5.84 Å². The molecule has 3 rings (SSSR count). The lowest BCUT2D eigenvalue weighted by Gasteiger charge is -2.04. The van der Waals surface area contributed by atoms with E-state index in [1.807, 2.05) is 18.2 Å². The molecule has 0 unspecified atom stereocenters. The lowest BCUT2D eigenvalue weighted by Crippen LogP contribution is -2.30. The second kappa shape index (κ2) is 3.58. The lowest BCUT2D eigenvalue weighted by atomic mass is 10.0. The quantitative estimate of drug-likeness (QED) is 0.345. The van der Waals surface area contributed by atoms with Crippen LogP contribution in [0.1, 0.15) is 20.8 Å². The van der Waals surface area contributed by atoms with Crippen molar-refractivity contribution in [3.8, 4) is 11.1 Å². The SMILES string of the molecule is NNC(=O)c1c(N)sc2c1-c1ccccc1C2. The molecule has 2 aromatic rings. The van der Waals surface area contributed by atoms with E-state index < -0.39 is 0 Å². The summed E-state index contributed by atoms with van der Waals surface area (Å²) in [6, 6.07) is 8.05. The molecular formula is C12H11N3OS. The molecule has 5 heteroatoms. The molecule has 0 spiro atoms. The number of nitrogens with one attached hydrogen (secondary N) is 1. The van der Waals surface area contributed by atoms with E-state index in [0.717, 1.165) is 22.4 Å². The molecule has 86 valence electrons. The first-order valence-electron chi connectivity index (χ1n) is 5.22. The fourth-order valence-electron chi connectivity index (χ4n) is 2.30. The molecule has 0 aliphatic heterocycles. The molecule has 4 nitrogen and oxygen atoms in total. The van der Waals surface area contributed by atoms with Crippen LogP contribution in [0.5, 0.6) is 0 Å². The van der Waals surface area contributed by atoms with Gasteiger partial charge in [0.15, 0.2) is 0 Å². The summed E-state index contributed by atoms with van der Waals surface area (Å²) in [6.45, 7) is 0. The Morgan fingerprint density at radius 2 is 2.12 bits per heavy atom. The Kier molecular flexibility index (Phi) is 2.17. The summed E-state index contributed by atoms with van der Waals surface area (Å²) in [5, 5.41) is 0.535. The molecular weight excluding hydrogens is 234 g/mol. The molecule has 0 saturated heterocycles. The third-order valence-corrected chi connectivity index (χ3v) is 4.02. The molecule has 17 heavy (non-hydrogen) atoms. The van der Waals surface area contributed by atoms with Crippen molar-refractivity contribution in [1.29, 1.82) is 0 Å². The Morgan fingerprint density at radius 3 is 2.88 bits per heavy atom. The molecule has 5 N–H and O–H groups in total. The predicted octanol–water partition coefficient (Wildman–Crippen LogP) is 1.51. The van der Waals surface area contributed by atoms with Gasteiger partial charge in [0.05, 0.1) is 10.6 Å². The lowest BCUT2D eigenvalue weighted by molar-refractivity contribution is 0.0955. The minimum absolute atomic E-state index is 0.322. The summed E-state index contributed by atoms with van der Waals surface area (Å²) in [4.78, 5) is 12.9. The highest BCUT2D eigenvalue weighted by atomic mass is 32.1. The Labute approximate surface area is 102 Å². The smallest absolute Gasteiger partial charge is 0.268 e. The van der Waals surface area contributed by atoms with E-state index >= 15 is 0 Å². The van der Waals surface area contributed by atoms with Gasteiger partial charge in [0.25, 0.3) is 5.91 Å². The normalized spacial score (nSPS) is 12.1. The second-order valence-electron chi connectivity index (χ2n) is 3.95. The van der Waals surface area contributed by atoms with Crippen LogP contribution in [0.15, 0.2) is 24.3 Å². The van der Waals surface area contributed by atoms with Crippen LogP contribution in [0, 0.1) is 0 Å². The van der Waals surface area contributed by atoms with Gasteiger partial charge in [0, 0.05) is 16.9 Å². The van der Waals surface area contributed by atoms with E-state index in [1.165, 1.54) is 16.9 Å². The summed E-state index contributed by atoms with van der Waals surface area (Å²) in [5.41, 5.74) is 11.8. The Balaban J connectivity index is 2.27. The Bertz CT molecular complexity index is 618. The van der Waals surface area contributed by atoms with E-state index in [0.29, 0.717) is 10.6 Å². The maximum atomic E-state index is 11.8. The number of thiophene rings is 1. The molecule has 0 saturated carbocycles. The summed E-state index contributed by atoms with van der Waals surface area (Å²) in [7, 11) is 0. The highest BCUT2D eigenvalue weighted by Crippen LogP contribution is 2.46. The highest BCUT2D eigenvalue weighted by molar-refractivity contribution is 7.17. The van der Waals surface area contributed by atoms with Crippen molar-refractivity contribution >= 4 is 22.2 Å². The third-order valence-electron chi connectivity index (χ3n) is 3.00. The number of amides is 1. The van der Waals surface area contributed by atoms with E-state index in [9.17, 15) is 4.79 Å². The van der Waals surface area contributed by atoms with Crippen molar-refractivity contribution in [1.82, 2.24) is 5.43 Å². The highest BCUT2D eigenvalue weighted by Gasteiger charge is 2.28. The first-order valence-corrected chi connectivity index (χ1v) is 6.04. The fourth-order valence-corrected chi connectivity index (χ4v) is 3.40. The summed E-state index contributed by atoms with van der Waals surface area (Å²) < 4.78 is 0. The van der Waals surface area contributed by atoms with Gasteiger partial charge >= 0.3 is 0 Å². The number of fused-ring (bicyclic) bond motifs is 3. The van der Waals surface area contributed by atoms with Crippen molar-refractivity contribution in [3.05, 3.63) is 40.3 Å². The number of carbonyl (C=O) groups is 1. The van der Waals surface area contributed by atoms with Crippen molar-refractivity contribution in [3.63, 3.8) is 0 Å². The zero-order chi connectivity index (χ0) is 12.0. The number of nitrogen functional groups attached to an aromatic ring is 2. The van der Waals surface area contributed by atoms with Gasteiger partial charge in [-0.25, -0.2) is 5.84 Å². The molecule has 0 atom stereocenters. The molecule has 1 aliphatic rings. The molecule has 1 aliphatic carbocycles. The molecule has 1 heterocycles. The zero-order valence-corrected chi connectivity index (χ0v) is 9.80. The maximum Gasteiger partial charge on any atom is 0.268 e. The molecule has 1 aromatic carbocycles. The summed E-state index contributed by atoms with van der Waals surface area (Å²) in [6.07, 6.45) is 0.845. The van der Waals surface area contributed by atoms with E-state index in [-0.39, 0.29) is 5.91 Å².